The van der Waals surface area contributed by atoms with E-state index >= 15 is 0 Å². The van der Waals surface area contributed by atoms with Crippen LogP contribution in [0.25, 0.3) is 0 Å². The molecule has 0 unspecified atom stereocenters. The van der Waals surface area contributed by atoms with Gasteiger partial charge in [0, 0.05) is 17.9 Å². The minimum Gasteiger partial charge on any atom is -0.211 e. The van der Waals surface area contributed by atoms with Crippen molar-refractivity contribution in [2.24, 2.45) is 11.8 Å². The van der Waals surface area contributed by atoms with Crippen molar-refractivity contribution in [3.05, 3.63) is 11.9 Å². The van der Waals surface area contributed by atoms with Crippen molar-refractivity contribution in [3.63, 3.8) is 0 Å². The van der Waals surface area contributed by atoms with Crippen LogP contribution in [0.15, 0.2) is 11.9 Å². The second kappa shape index (κ2) is 3.16. The smallest absolute Gasteiger partial charge is 0.113 e. The SMILES string of the molecule is N#CC=C(F)C1CC(C#N)C1. The summed E-state index contributed by atoms with van der Waals surface area (Å²) in [5.41, 5.74) is 0. The first-order valence-corrected chi connectivity index (χ1v) is 3.42. The van der Waals surface area contributed by atoms with Crippen LogP contribution in [0, 0.1) is 34.5 Å². The molecule has 0 saturated heterocycles. The van der Waals surface area contributed by atoms with Gasteiger partial charge in [0.1, 0.15) is 5.83 Å². The van der Waals surface area contributed by atoms with Crippen molar-refractivity contribution < 1.29 is 4.39 Å². The molecule has 0 aromatic carbocycles. The molecule has 0 atom stereocenters. The van der Waals surface area contributed by atoms with E-state index in [-0.39, 0.29) is 17.7 Å². The largest absolute Gasteiger partial charge is 0.211 e. The Labute approximate surface area is 64.5 Å². The summed E-state index contributed by atoms with van der Waals surface area (Å²) in [6, 6.07) is 3.68. The van der Waals surface area contributed by atoms with E-state index < -0.39 is 0 Å². The van der Waals surface area contributed by atoms with Crippen LogP contribution in [-0.4, -0.2) is 0 Å². The van der Waals surface area contributed by atoms with Crippen LogP contribution in [0.3, 0.4) is 0 Å². The molecule has 0 aromatic heterocycles. The lowest BCUT2D eigenvalue weighted by Gasteiger charge is -2.28. The van der Waals surface area contributed by atoms with Crippen molar-refractivity contribution in [1.82, 2.24) is 0 Å². The molecule has 1 aliphatic carbocycles. The molecule has 11 heavy (non-hydrogen) atoms. The van der Waals surface area contributed by atoms with Crippen LogP contribution in [0.4, 0.5) is 4.39 Å². The molecule has 0 spiro atoms. The maximum Gasteiger partial charge on any atom is 0.113 e. The van der Waals surface area contributed by atoms with Crippen LogP contribution < -0.4 is 0 Å². The lowest BCUT2D eigenvalue weighted by molar-refractivity contribution is 0.249. The van der Waals surface area contributed by atoms with Gasteiger partial charge in [-0.1, -0.05) is 0 Å². The summed E-state index contributed by atoms with van der Waals surface area (Å²) >= 11 is 0. The fourth-order valence-corrected chi connectivity index (χ4v) is 1.13. The Morgan fingerprint density at radius 1 is 1.45 bits per heavy atom. The molecule has 1 aliphatic rings. The van der Waals surface area contributed by atoms with Gasteiger partial charge in [0.25, 0.3) is 0 Å². The third-order valence-electron chi connectivity index (χ3n) is 1.91. The highest BCUT2D eigenvalue weighted by Gasteiger charge is 2.31. The number of halogens is 1. The second-order valence-corrected chi connectivity index (χ2v) is 2.65. The van der Waals surface area contributed by atoms with Crippen LogP contribution in [0.2, 0.25) is 0 Å². The van der Waals surface area contributed by atoms with Crippen LogP contribution in [0.5, 0.6) is 0 Å². The zero-order valence-electron chi connectivity index (χ0n) is 5.92. The summed E-state index contributed by atoms with van der Waals surface area (Å²) in [5, 5.41) is 16.5. The van der Waals surface area contributed by atoms with Gasteiger partial charge >= 0.3 is 0 Å². The van der Waals surface area contributed by atoms with E-state index in [1.807, 2.05) is 0 Å². The highest BCUT2D eigenvalue weighted by Crippen LogP contribution is 2.38. The second-order valence-electron chi connectivity index (χ2n) is 2.65. The quantitative estimate of drug-likeness (QED) is 0.536. The Morgan fingerprint density at radius 2 is 2.09 bits per heavy atom. The summed E-state index contributed by atoms with van der Waals surface area (Å²) in [6.45, 7) is 0. The van der Waals surface area contributed by atoms with E-state index in [1.54, 1.807) is 6.07 Å². The normalized spacial score (nSPS) is 29.9. The summed E-state index contributed by atoms with van der Waals surface area (Å²) < 4.78 is 12.7. The highest BCUT2D eigenvalue weighted by molar-refractivity contribution is 5.14. The van der Waals surface area contributed by atoms with Gasteiger partial charge in [0.05, 0.1) is 12.1 Å². The van der Waals surface area contributed by atoms with Gasteiger partial charge in [0.15, 0.2) is 0 Å². The number of allylic oxidation sites excluding steroid dienone is 2. The van der Waals surface area contributed by atoms with Gasteiger partial charge in [-0.05, 0) is 12.8 Å². The number of hydrogen-bond donors (Lipinski definition) is 0. The molecule has 1 rings (SSSR count). The van der Waals surface area contributed by atoms with E-state index in [9.17, 15) is 4.39 Å². The number of rotatable bonds is 1. The van der Waals surface area contributed by atoms with E-state index in [2.05, 4.69) is 6.07 Å². The molecule has 2 nitrogen and oxygen atoms in total. The molecule has 0 heterocycles. The number of nitriles is 2. The first kappa shape index (κ1) is 7.75. The fourth-order valence-electron chi connectivity index (χ4n) is 1.13. The molecular formula is C8H7FN2. The summed E-state index contributed by atoms with van der Waals surface area (Å²) in [7, 11) is 0. The zero-order chi connectivity index (χ0) is 8.27. The van der Waals surface area contributed by atoms with E-state index in [0.717, 1.165) is 6.08 Å². The maximum atomic E-state index is 12.7. The predicted molar refractivity (Wildman–Crippen MR) is 36.6 cm³/mol. The van der Waals surface area contributed by atoms with Crippen molar-refractivity contribution >= 4 is 0 Å². The Bertz CT molecular complexity index is 250. The predicted octanol–water partition coefficient (Wildman–Crippen LogP) is 1.91. The van der Waals surface area contributed by atoms with Crippen molar-refractivity contribution in [2.75, 3.05) is 0 Å². The van der Waals surface area contributed by atoms with Crippen LogP contribution >= 0.6 is 0 Å². The van der Waals surface area contributed by atoms with Gasteiger partial charge < -0.3 is 0 Å². The molecule has 0 bridgehead atoms. The van der Waals surface area contributed by atoms with Gasteiger partial charge in [-0.2, -0.15) is 10.5 Å². The highest BCUT2D eigenvalue weighted by atomic mass is 19.1. The molecule has 1 saturated carbocycles. The monoisotopic (exact) mass is 150 g/mol. The molecule has 0 aliphatic heterocycles. The third kappa shape index (κ3) is 1.56. The van der Waals surface area contributed by atoms with Crippen LogP contribution in [-0.2, 0) is 0 Å². The topological polar surface area (TPSA) is 47.6 Å². The lowest BCUT2D eigenvalue weighted by atomic mass is 9.75. The Kier molecular flexibility index (Phi) is 2.23. The summed E-state index contributed by atoms with van der Waals surface area (Å²) in [5.74, 6) is -0.545. The molecule has 3 heteroatoms. The minimum atomic E-state index is -0.376. The Hall–Kier alpha value is -1.35. The van der Waals surface area contributed by atoms with E-state index in [4.69, 9.17) is 10.5 Å². The molecule has 0 radical (unpaired) electrons. The fraction of sp³-hybridized carbons (Fsp3) is 0.500. The van der Waals surface area contributed by atoms with Gasteiger partial charge in [-0.3, -0.25) is 0 Å². The van der Waals surface area contributed by atoms with Crippen molar-refractivity contribution in [2.45, 2.75) is 12.8 Å². The van der Waals surface area contributed by atoms with Gasteiger partial charge in [0.2, 0.25) is 0 Å². The molecular weight excluding hydrogens is 143 g/mol. The summed E-state index contributed by atoms with van der Waals surface area (Å²) in [4.78, 5) is 0. The molecule has 0 aromatic rings. The molecule has 0 N–H and O–H groups in total. The van der Waals surface area contributed by atoms with E-state index in [0.29, 0.717) is 12.8 Å². The first-order chi connectivity index (χ1) is 5.27. The summed E-state index contributed by atoms with van der Waals surface area (Å²) in [6.07, 6.45) is 2.05. The molecule has 56 valence electrons. The number of nitrogens with zero attached hydrogens (tertiary/aromatic N) is 2. The average molecular weight is 150 g/mol. The zero-order valence-corrected chi connectivity index (χ0v) is 5.92. The standard InChI is InChI=1S/C8H7FN2/c9-8(1-2-10)7-3-6(4-7)5-11/h1,6-7H,3-4H2. The van der Waals surface area contributed by atoms with Crippen molar-refractivity contribution in [3.8, 4) is 12.1 Å². The molecule has 0 amide bonds. The van der Waals surface area contributed by atoms with Crippen LogP contribution in [0.1, 0.15) is 12.8 Å². The third-order valence-corrected chi connectivity index (χ3v) is 1.91. The van der Waals surface area contributed by atoms with E-state index in [1.165, 1.54) is 0 Å². The average Bonchev–Trinajstić information content (AvgIpc) is 1.86. The van der Waals surface area contributed by atoms with Gasteiger partial charge in [-0.25, -0.2) is 4.39 Å². The van der Waals surface area contributed by atoms with Gasteiger partial charge in [-0.15, -0.1) is 0 Å². The minimum absolute atomic E-state index is 0.00200. The lowest BCUT2D eigenvalue weighted by Crippen LogP contribution is -2.22. The van der Waals surface area contributed by atoms with Crippen molar-refractivity contribution in [1.29, 1.82) is 10.5 Å². The molecule has 1 fully saturated rings. The Morgan fingerprint density at radius 3 is 2.55 bits per heavy atom. The first-order valence-electron chi connectivity index (χ1n) is 3.42. The Balaban J connectivity index is 2.41. The maximum absolute atomic E-state index is 12.7. The number of hydrogen-bond acceptors (Lipinski definition) is 2.